The number of pyridine rings is 1. The summed E-state index contributed by atoms with van der Waals surface area (Å²) in [5.41, 5.74) is 6.68. The molecule has 4 aromatic heterocycles. The molecule has 13 heteroatoms. The van der Waals surface area contributed by atoms with Crippen LogP contribution in [0.25, 0.3) is 33.7 Å². The molecule has 3 N–H and O–H groups in total. The summed E-state index contributed by atoms with van der Waals surface area (Å²) in [5, 5.41) is 11.1. The van der Waals surface area contributed by atoms with E-state index in [1.165, 1.54) is 41.4 Å². The van der Waals surface area contributed by atoms with Crippen molar-refractivity contribution < 1.29 is 18.0 Å². The molecule has 0 aliphatic rings. The largest absolute Gasteiger partial charge is 0.435 e. The molecule has 0 saturated carbocycles. The van der Waals surface area contributed by atoms with Gasteiger partial charge in [0.2, 0.25) is 5.91 Å². The Balaban J connectivity index is 1.70. The summed E-state index contributed by atoms with van der Waals surface area (Å²) < 4.78 is 47.3. The standard InChI is InChI=1S/C25H24F3N9O/c1-4-30-17-9-15(23(29)38)5-6-19(17)37-24-21(22(34-37)25(26,27)28)20(7-8-31-24)35-12-18(32-13-35)16-10-33-36(11-16)14(2)3/h5-14,30H,4H2,1-3H3,(H2,29,38). The number of hydrogen-bond acceptors (Lipinski definition) is 6. The molecule has 0 bridgehead atoms. The molecule has 0 aliphatic heterocycles. The van der Waals surface area contributed by atoms with E-state index in [-0.39, 0.29) is 34.0 Å². The fraction of sp³-hybridized carbons (Fsp3) is 0.240. The van der Waals surface area contributed by atoms with Crippen LogP contribution in [-0.4, -0.2) is 46.5 Å². The number of hydrogen-bond donors (Lipinski definition) is 2. The van der Waals surface area contributed by atoms with Gasteiger partial charge < -0.3 is 15.6 Å². The van der Waals surface area contributed by atoms with Gasteiger partial charge in [0.15, 0.2) is 11.3 Å². The first-order chi connectivity index (χ1) is 18.1. The van der Waals surface area contributed by atoms with E-state index in [1.54, 1.807) is 17.1 Å². The van der Waals surface area contributed by atoms with Gasteiger partial charge in [-0.05, 0) is 45.0 Å². The zero-order chi connectivity index (χ0) is 27.2. The zero-order valence-corrected chi connectivity index (χ0v) is 20.7. The van der Waals surface area contributed by atoms with Crippen molar-refractivity contribution in [2.24, 2.45) is 5.73 Å². The molecule has 0 aliphatic carbocycles. The fourth-order valence-electron chi connectivity index (χ4n) is 4.17. The minimum Gasteiger partial charge on any atom is -0.384 e. The summed E-state index contributed by atoms with van der Waals surface area (Å²) in [7, 11) is 0. The SMILES string of the molecule is CCNc1cc(C(N)=O)ccc1-n1nc(C(F)(F)F)c2c(-n3cnc(-c4cnn(C(C)C)c4)c3)ccnc21. The molecule has 0 radical (unpaired) electrons. The third-order valence-electron chi connectivity index (χ3n) is 5.98. The van der Waals surface area contributed by atoms with Crippen LogP contribution >= 0.6 is 0 Å². The van der Waals surface area contributed by atoms with Crippen molar-refractivity contribution in [2.75, 3.05) is 11.9 Å². The maximum absolute atomic E-state index is 14.3. The van der Waals surface area contributed by atoms with Gasteiger partial charge in [-0.3, -0.25) is 9.48 Å². The van der Waals surface area contributed by atoms with Crippen molar-refractivity contribution in [1.29, 1.82) is 0 Å². The van der Waals surface area contributed by atoms with Crippen molar-refractivity contribution in [2.45, 2.75) is 33.0 Å². The Morgan fingerprint density at radius 2 is 1.92 bits per heavy atom. The average Bonchev–Trinajstić information content (AvgIpc) is 3.61. The van der Waals surface area contributed by atoms with Crippen LogP contribution in [0.15, 0.2) is 55.4 Å². The van der Waals surface area contributed by atoms with E-state index in [0.29, 0.717) is 17.9 Å². The number of nitrogens with one attached hydrogen (secondary N) is 1. The molecule has 10 nitrogen and oxygen atoms in total. The summed E-state index contributed by atoms with van der Waals surface area (Å²) in [5.74, 6) is -0.660. The van der Waals surface area contributed by atoms with E-state index in [2.05, 4.69) is 25.5 Å². The highest BCUT2D eigenvalue weighted by molar-refractivity contribution is 5.95. The Labute approximate surface area is 214 Å². The lowest BCUT2D eigenvalue weighted by Crippen LogP contribution is -2.13. The highest BCUT2D eigenvalue weighted by Gasteiger charge is 2.39. The van der Waals surface area contributed by atoms with Crippen molar-refractivity contribution in [3.8, 4) is 22.6 Å². The number of anilines is 1. The normalized spacial score (nSPS) is 12.0. The Hall–Kier alpha value is -4.68. The Morgan fingerprint density at radius 3 is 2.58 bits per heavy atom. The van der Waals surface area contributed by atoms with E-state index in [0.717, 1.165) is 10.2 Å². The summed E-state index contributed by atoms with van der Waals surface area (Å²) in [6.45, 7) is 6.25. The second kappa shape index (κ2) is 9.32. The number of aromatic nitrogens is 7. The van der Waals surface area contributed by atoms with Crippen LogP contribution in [0, 0.1) is 0 Å². The lowest BCUT2D eigenvalue weighted by Gasteiger charge is -2.13. The maximum atomic E-state index is 14.3. The Bertz CT molecular complexity index is 1650. The molecule has 196 valence electrons. The monoisotopic (exact) mass is 523 g/mol. The molecule has 5 rings (SSSR count). The van der Waals surface area contributed by atoms with Gasteiger partial charge in [-0.25, -0.2) is 14.6 Å². The quantitative estimate of drug-likeness (QED) is 0.322. The minimum absolute atomic E-state index is 0.0105. The summed E-state index contributed by atoms with van der Waals surface area (Å²) in [6, 6.07) is 6.03. The smallest absolute Gasteiger partial charge is 0.384 e. The van der Waals surface area contributed by atoms with E-state index >= 15 is 0 Å². The number of halogens is 3. The van der Waals surface area contributed by atoms with Crippen LogP contribution in [-0.2, 0) is 6.18 Å². The maximum Gasteiger partial charge on any atom is 0.435 e. The van der Waals surface area contributed by atoms with Crippen LogP contribution in [0.3, 0.4) is 0 Å². The molecular formula is C25H24F3N9O. The topological polar surface area (TPSA) is 121 Å². The van der Waals surface area contributed by atoms with Crippen LogP contribution in [0.1, 0.15) is 42.9 Å². The van der Waals surface area contributed by atoms with Gasteiger partial charge in [0.25, 0.3) is 0 Å². The minimum atomic E-state index is -4.77. The summed E-state index contributed by atoms with van der Waals surface area (Å²) in [6.07, 6.45) is 3.22. The second-order valence-electron chi connectivity index (χ2n) is 8.88. The van der Waals surface area contributed by atoms with Crippen LogP contribution in [0.2, 0.25) is 0 Å². The number of amides is 1. The van der Waals surface area contributed by atoms with Crippen molar-refractivity contribution >= 4 is 22.6 Å². The van der Waals surface area contributed by atoms with Crippen molar-refractivity contribution in [1.82, 2.24) is 34.1 Å². The molecule has 5 aromatic rings. The predicted octanol–water partition coefficient (Wildman–Crippen LogP) is 4.60. The Kier molecular flexibility index (Phi) is 6.13. The number of carbonyl (C=O) groups excluding carboxylic acids is 1. The summed E-state index contributed by atoms with van der Waals surface area (Å²) in [4.78, 5) is 20.3. The highest BCUT2D eigenvalue weighted by Crippen LogP contribution is 2.38. The van der Waals surface area contributed by atoms with Gasteiger partial charge in [-0.2, -0.15) is 23.4 Å². The van der Waals surface area contributed by atoms with E-state index in [4.69, 9.17) is 5.73 Å². The average molecular weight is 524 g/mol. The van der Waals surface area contributed by atoms with Crippen molar-refractivity contribution in [3.05, 3.63) is 66.6 Å². The number of carbonyl (C=O) groups is 1. The third-order valence-corrected chi connectivity index (χ3v) is 5.98. The first kappa shape index (κ1) is 25.0. The molecule has 4 heterocycles. The molecule has 0 saturated heterocycles. The first-order valence-corrected chi connectivity index (χ1v) is 11.8. The number of nitrogens with zero attached hydrogens (tertiary/aromatic N) is 7. The number of primary amides is 1. The number of nitrogens with two attached hydrogens (primary N) is 1. The van der Waals surface area contributed by atoms with Gasteiger partial charge in [-0.15, -0.1) is 0 Å². The predicted molar refractivity (Wildman–Crippen MR) is 135 cm³/mol. The van der Waals surface area contributed by atoms with E-state index in [1.807, 2.05) is 27.0 Å². The van der Waals surface area contributed by atoms with E-state index < -0.39 is 17.8 Å². The molecule has 1 aromatic carbocycles. The van der Waals surface area contributed by atoms with Crippen molar-refractivity contribution in [3.63, 3.8) is 0 Å². The van der Waals surface area contributed by atoms with E-state index in [9.17, 15) is 18.0 Å². The van der Waals surface area contributed by atoms with Gasteiger partial charge in [0, 0.05) is 42.3 Å². The van der Waals surface area contributed by atoms with Gasteiger partial charge in [0.1, 0.15) is 0 Å². The molecule has 0 spiro atoms. The third kappa shape index (κ3) is 4.35. The summed E-state index contributed by atoms with van der Waals surface area (Å²) >= 11 is 0. The number of fused-ring (bicyclic) bond motifs is 1. The Morgan fingerprint density at radius 1 is 1.13 bits per heavy atom. The van der Waals surface area contributed by atoms with Gasteiger partial charge >= 0.3 is 6.18 Å². The number of imidazole rings is 1. The molecule has 38 heavy (non-hydrogen) atoms. The van der Waals surface area contributed by atoms with Crippen LogP contribution in [0.4, 0.5) is 18.9 Å². The lowest BCUT2D eigenvalue weighted by atomic mass is 10.1. The molecular weight excluding hydrogens is 499 g/mol. The van der Waals surface area contributed by atoms with Gasteiger partial charge in [-0.1, -0.05) is 0 Å². The first-order valence-electron chi connectivity index (χ1n) is 11.8. The second-order valence-corrected chi connectivity index (χ2v) is 8.88. The van der Waals surface area contributed by atoms with Crippen LogP contribution in [0.5, 0.6) is 0 Å². The molecule has 0 fully saturated rings. The molecule has 1 amide bonds. The zero-order valence-electron chi connectivity index (χ0n) is 20.7. The fourth-order valence-corrected chi connectivity index (χ4v) is 4.17. The lowest BCUT2D eigenvalue weighted by molar-refractivity contribution is -0.140. The number of rotatable bonds is 7. The molecule has 0 unspecified atom stereocenters. The number of alkyl halides is 3. The van der Waals surface area contributed by atoms with Crippen LogP contribution < -0.4 is 11.1 Å². The highest BCUT2D eigenvalue weighted by atomic mass is 19.4. The van der Waals surface area contributed by atoms with Gasteiger partial charge in [0.05, 0.1) is 40.7 Å². The molecule has 0 atom stereocenters. The number of benzene rings is 1.